The molecule has 2 rings (SSSR count). The van der Waals surface area contributed by atoms with E-state index in [1.807, 2.05) is 0 Å². The van der Waals surface area contributed by atoms with Crippen LogP contribution in [-0.4, -0.2) is 24.3 Å². The highest BCUT2D eigenvalue weighted by Gasteiger charge is 2.33. The molecule has 0 aromatic heterocycles. The molecule has 0 aliphatic heterocycles. The molecule has 1 aliphatic rings. The van der Waals surface area contributed by atoms with Gasteiger partial charge in [-0.15, -0.1) is 0 Å². The van der Waals surface area contributed by atoms with E-state index in [0.29, 0.717) is 23.3 Å². The third-order valence-corrected chi connectivity index (χ3v) is 4.64. The van der Waals surface area contributed by atoms with E-state index in [-0.39, 0.29) is 23.6 Å². The predicted molar refractivity (Wildman–Crippen MR) is 85.2 cm³/mol. The number of phenolic OH excluding ortho intramolecular Hbond substituents is 1. The number of benzene rings is 1. The third-order valence-electron chi connectivity index (χ3n) is 4.64. The molecule has 0 bridgehead atoms. The van der Waals surface area contributed by atoms with Gasteiger partial charge in [-0.2, -0.15) is 0 Å². The van der Waals surface area contributed by atoms with Crippen LogP contribution in [0.15, 0.2) is 18.2 Å². The smallest absolute Gasteiger partial charge is 0.338 e. The second-order valence-corrected chi connectivity index (χ2v) is 6.66. The summed E-state index contributed by atoms with van der Waals surface area (Å²) >= 11 is 0. The molecule has 3 atom stereocenters. The maximum absolute atomic E-state index is 12.4. The molecule has 1 aromatic carbocycles. The van der Waals surface area contributed by atoms with Crippen LogP contribution in [0.5, 0.6) is 11.5 Å². The van der Waals surface area contributed by atoms with Gasteiger partial charge >= 0.3 is 5.97 Å². The van der Waals surface area contributed by atoms with Gasteiger partial charge in [-0.25, -0.2) is 4.79 Å². The van der Waals surface area contributed by atoms with Crippen LogP contribution < -0.4 is 4.74 Å². The molecule has 4 nitrogen and oxygen atoms in total. The second kappa shape index (κ2) is 7.03. The number of carbonyl (C=O) groups is 1. The molecule has 1 fully saturated rings. The summed E-state index contributed by atoms with van der Waals surface area (Å²) in [6, 6.07) is 4.55. The van der Waals surface area contributed by atoms with Gasteiger partial charge in [0.25, 0.3) is 0 Å². The summed E-state index contributed by atoms with van der Waals surface area (Å²) in [6.45, 7) is 6.58. The monoisotopic (exact) mass is 306 g/mol. The van der Waals surface area contributed by atoms with Crippen LogP contribution in [0.2, 0.25) is 0 Å². The van der Waals surface area contributed by atoms with Gasteiger partial charge in [0.1, 0.15) is 6.10 Å². The number of aromatic hydroxyl groups is 1. The number of rotatable bonds is 4. The Morgan fingerprint density at radius 1 is 1.32 bits per heavy atom. The maximum Gasteiger partial charge on any atom is 0.338 e. The van der Waals surface area contributed by atoms with E-state index in [9.17, 15) is 9.90 Å². The Labute approximate surface area is 132 Å². The number of esters is 1. The Balaban J connectivity index is 2.12. The molecule has 0 saturated heterocycles. The van der Waals surface area contributed by atoms with Crippen molar-refractivity contribution < 1.29 is 19.4 Å². The molecule has 22 heavy (non-hydrogen) atoms. The number of methoxy groups -OCH3 is 1. The minimum absolute atomic E-state index is 0.0189. The summed E-state index contributed by atoms with van der Waals surface area (Å²) in [4.78, 5) is 12.4. The van der Waals surface area contributed by atoms with Crippen molar-refractivity contribution >= 4 is 5.97 Å². The molecule has 122 valence electrons. The van der Waals surface area contributed by atoms with E-state index in [4.69, 9.17) is 9.47 Å². The van der Waals surface area contributed by atoms with Gasteiger partial charge in [0, 0.05) is 0 Å². The molecule has 0 spiro atoms. The number of ether oxygens (including phenoxy) is 2. The fourth-order valence-corrected chi connectivity index (χ4v) is 3.26. The van der Waals surface area contributed by atoms with E-state index in [2.05, 4.69) is 20.8 Å². The van der Waals surface area contributed by atoms with Crippen molar-refractivity contribution in [3.63, 3.8) is 0 Å². The van der Waals surface area contributed by atoms with Crippen LogP contribution in [0.25, 0.3) is 0 Å². The van der Waals surface area contributed by atoms with Gasteiger partial charge in [0.05, 0.1) is 12.7 Å². The van der Waals surface area contributed by atoms with Crippen LogP contribution in [0.4, 0.5) is 0 Å². The minimum atomic E-state index is -0.344. The molecule has 0 radical (unpaired) electrons. The lowest BCUT2D eigenvalue weighted by Gasteiger charge is -2.36. The maximum atomic E-state index is 12.4. The first-order valence-electron chi connectivity index (χ1n) is 8.00. The highest BCUT2D eigenvalue weighted by molar-refractivity contribution is 5.90. The number of hydrogen-bond donors (Lipinski definition) is 1. The highest BCUT2D eigenvalue weighted by Crippen LogP contribution is 2.36. The normalized spacial score (nSPS) is 25.0. The molecule has 0 amide bonds. The van der Waals surface area contributed by atoms with Crippen molar-refractivity contribution in [1.29, 1.82) is 0 Å². The molecule has 4 heteroatoms. The van der Waals surface area contributed by atoms with Gasteiger partial charge in [0.15, 0.2) is 11.5 Å². The Hall–Kier alpha value is -1.71. The lowest BCUT2D eigenvalue weighted by atomic mass is 9.75. The zero-order valence-corrected chi connectivity index (χ0v) is 13.8. The molecule has 1 N–H and O–H groups in total. The molecular weight excluding hydrogens is 280 g/mol. The van der Waals surface area contributed by atoms with Crippen molar-refractivity contribution in [2.45, 2.75) is 46.1 Å². The average molecular weight is 306 g/mol. The molecule has 1 aliphatic carbocycles. The van der Waals surface area contributed by atoms with Crippen molar-refractivity contribution in [2.24, 2.45) is 17.8 Å². The molecule has 0 heterocycles. The van der Waals surface area contributed by atoms with Crippen LogP contribution in [-0.2, 0) is 4.74 Å². The first kappa shape index (κ1) is 16.7. The van der Waals surface area contributed by atoms with Gasteiger partial charge < -0.3 is 14.6 Å². The van der Waals surface area contributed by atoms with Crippen LogP contribution in [0.1, 0.15) is 50.4 Å². The molecular formula is C18H26O4. The quantitative estimate of drug-likeness (QED) is 0.854. The standard InChI is InChI=1S/C18H26O4/c1-11(2)14-7-5-12(3)9-16(14)22-18(20)13-6-8-15(19)17(10-13)21-4/h6,8,10-12,14,16,19H,5,7,9H2,1-4H3. The fraction of sp³-hybridized carbons (Fsp3) is 0.611. The summed E-state index contributed by atoms with van der Waals surface area (Å²) < 4.78 is 10.8. The van der Waals surface area contributed by atoms with E-state index in [1.54, 1.807) is 6.07 Å². The zero-order chi connectivity index (χ0) is 16.3. The first-order chi connectivity index (χ1) is 10.4. The highest BCUT2D eigenvalue weighted by atomic mass is 16.5. The van der Waals surface area contributed by atoms with Gasteiger partial charge in [-0.1, -0.05) is 27.2 Å². The number of hydrogen-bond acceptors (Lipinski definition) is 4. The van der Waals surface area contributed by atoms with Crippen molar-refractivity contribution in [2.75, 3.05) is 7.11 Å². The van der Waals surface area contributed by atoms with Gasteiger partial charge in [0.2, 0.25) is 0 Å². The minimum Gasteiger partial charge on any atom is -0.504 e. The average Bonchev–Trinajstić information content (AvgIpc) is 2.47. The summed E-state index contributed by atoms with van der Waals surface area (Å²) in [5.41, 5.74) is 0.412. The summed E-state index contributed by atoms with van der Waals surface area (Å²) in [5, 5.41) is 9.61. The van der Waals surface area contributed by atoms with E-state index in [0.717, 1.165) is 12.8 Å². The topological polar surface area (TPSA) is 55.8 Å². The second-order valence-electron chi connectivity index (χ2n) is 6.66. The Morgan fingerprint density at radius 3 is 2.68 bits per heavy atom. The molecule has 1 aromatic rings. The zero-order valence-electron chi connectivity index (χ0n) is 13.8. The Bertz CT molecular complexity index is 524. The van der Waals surface area contributed by atoms with Gasteiger partial charge in [-0.05, 0) is 48.8 Å². The van der Waals surface area contributed by atoms with E-state index < -0.39 is 0 Å². The van der Waals surface area contributed by atoms with E-state index >= 15 is 0 Å². The Kier molecular flexibility index (Phi) is 5.33. The molecule has 1 saturated carbocycles. The summed E-state index contributed by atoms with van der Waals surface area (Å²) in [7, 11) is 1.46. The molecule has 3 unspecified atom stereocenters. The number of carbonyl (C=O) groups excluding carboxylic acids is 1. The Morgan fingerprint density at radius 2 is 2.05 bits per heavy atom. The predicted octanol–water partition coefficient (Wildman–Crippen LogP) is 4.02. The van der Waals surface area contributed by atoms with Crippen molar-refractivity contribution in [3.8, 4) is 11.5 Å². The lowest BCUT2D eigenvalue weighted by Crippen LogP contribution is -2.35. The lowest BCUT2D eigenvalue weighted by molar-refractivity contribution is -0.0174. The third kappa shape index (κ3) is 3.73. The number of phenols is 1. The summed E-state index contributed by atoms with van der Waals surface area (Å²) in [5.74, 6) is 1.46. The van der Waals surface area contributed by atoms with Crippen molar-refractivity contribution in [1.82, 2.24) is 0 Å². The van der Waals surface area contributed by atoms with E-state index in [1.165, 1.54) is 25.7 Å². The van der Waals surface area contributed by atoms with Crippen LogP contribution in [0.3, 0.4) is 0 Å². The SMILES string of the molecule is COc1cc(C(=O)OC2CC(C)CCC2C(C)C)ccc1O. The largest absolute Gasteiger partial charge is 0.504 e. The van der Waals surface area contributed by atoms with Crippen molar-refractivity contribution in [3.05, 3.63) is 23.8 Å². The van der Waals surface area contributed by atoms with Gasteiger partial charge in [-0.3, -0.25) is 0 Å². The first-order valence-corrected chi connectivity index (χ1v) is 8.00. The van der Waals surface area contributed by atoms with Crippen LogP contribution >= 0.6 is 0 Å². The van der Waals surface area contributed by atoms with Crippen LogP contribution in [0, 0.1) is 17.8 Å². The summed E-state index contributed by atoms with van der Waals surface area (Å²) in [6.07, 6.45) is 3.19. The fourth-order valence-electron chi connectivity index (χ4n) is 3.26.